The lowest BCUT2D eigenvalue weighted by Crippen LogP contribution is -2.27. The van der Waals surface area contributed by atoms with Crippen LogP contribution in [0.15, 0.2) is 0 Å². The molecule has 0 aliphatic heterocycles. The lowest BCUT2D eigenvalue weighted by atomic mass is 9.84. The van der Waals surface area contributed by atoms with Crippen LogP contribution in [0.5, 0.6) is 0 Å². The maximum Gasteiger partial charge on any atom is 0.000610 e. The highest BCUT2D eigenvalue weighted by Gasteiger charge is 2.17. The molecule has 2 unspecified atom stereocenters. The number of hydrogen-bond acceptors (Lipinski definition) is 1. The SMILES string of the molecule is CCCC(CC)C(CC)CN(C)C. The highest BCUT2D eigenvalue weighted by Crippen LogP contribution is 2.24. The first kappa shape index (κ1) is 13.0. The molecular weight excluding hydrogens is 158 g/mol. The molecule has 0 saturated heterocycles. The summed E-state index contributed by atoms with van der Waals surface area (Å²) >= 11 is 0. The van der Waals surface area contributed by atoms with Gasteiger partial charge in [-0.25, -0.2) is 0 Å². The van der Waals surface area contributed by atoms with Crippen LogP contribution in [0.3, 0.4) is 0 Å². The van der Waals surface area contributed by atoms with E-state index in [2.05, 4.69) is 39.8 Å². The van der Waals surface area contributed by atoms with Crippen molar-refractivity contribution >= 4 is 0 Å². The van der Waals surface area contributed by atoms with Gasteiger partial charge in [-0.3, -0.25) is 0 Å². The second-order valence-corrected chi connectivity index (χ2v) is 4.39. The number of rotatable bonds is 7. The first-order chi connectivity index (χ1) is 6.15. The molecule has 0 radical (unpaired) electrons. The Hall–Kier alpha value is -0.0400. The van der Waals surface area contributed by atoms with Crippen LogP contribution in [0, 0.1) is 11.8 Å². The van der Waals surface area contributed by atoms with Crippen molar-refractivity contribution in [3.8, 4) is 0 Å². The van der Waals surface area contributed by atoms with E-state index in [1.165, 1.54) is 32.2 Å². The van der Waals surface area contributed by atoms with Gasteiger partial charge in [0.05, 0.1) is 0 Å². The third-order valence-corrected chi connectivity index (χ3v) is 2.97. The van der Waals surface area contributed by atoms with Gasteiger partial charge in [0.2, 0.25) is 0 Å². The fourth-order valence-electron chi connectivity index (χ4n) is 2.22. The molecule has 1 heteroatoms. The monoisotopic (exact) mass is 185 g/mol. The summed E-state index contributed by atoms with van der Waals surface area (Å²) in [5.74, 6) is 1.84. The Kier molecular flexibility index (Phi) is 7.35. The average molecular weight is 185 g/mol. The van der Waals surface area contributed by atoms with E-state index in [1.807, 2.05) is 0 Å². The van der Waals surface area contributed by atoms with Crippen molar-refractivity contribution in [2.24, 2.45) is 11.8 Å². The van der Waals surface area contributed by atoms with Crippen molar-refractivity contribution in [1.29, 1.82) is 0 Å². The van der Waals surface area contributed by atoms with Gasteiger partial charge in [-0.05, 0) is 25.9 Å². The van der Waals surface area contributed by atoms with Gasteiger partial charge in [-0.15, -0.1) is 0 Å². The van der Waals surface area contributed by atoms with Crippen molar-refractivity contribution in [3.05, 3.63) is 0 Å². The van der Waals surface area contributed by atoms with E-state index in [0.717, 1.165) is 11.8 Å². The third-order valence-electron chi connectivity index (χ3n) is 2.97. The summed E-state index contributed by atoms with van der Waals surface area (Å²) < 4.78 is 0. The van der Waals surface area contributed by atoms with E-state index in [4.69, 9.17) is 0 Å². The van der Waals surface area contributed by atoms with Gasteiger partial charge < -0.3 is 4.90 Å². The van der Waals surface area contributed by atoms with Crippen LogP contribution in [0.25, 0.3) is 0 Å². The van der Waals surface area contributed by atoms with Crippen molar-refractivity contribution in [1.82, 2.24) is 4.90 Å². The fraction of sp³-hybridized carbons (Fsp3) is 1.00. The van der Waals surface area contributed by atoms with Crippen LogP contribution >= 0.6 is 0 Å². The lowest BCUT2D eigenvalue weighted by molar-refractivity contribution is 0.222. The van der Waals surface area contributed by atoms with Gasteiger partial charge in [0.15, 0.2) is 0 Å². The molecule has 0 aromatic carbocycles. The van der Waals surface area contributed by atoms with Crippen molar-refractivity contribution in [2.45, 2.75) is 46.5 Å². The Morgan fingerprint density at radius 1 is 0.923 bits per heavy atom. The predicted octanol–water partition coefficient (Wildman–Crippen LogP) is 3.40. The smallest absolute Gasteiger partial charge is 0.000610 e. The van der Waals surface area contributed by atoms with E-state index < -0.39 is 0 Å². The quantitative estimate of drug-likeness (QED) is 0.587. The van der Waals surface area contributed by atoms with Crippen LogP contribution in [-0.4, -0.2) is 25.5 Å². The Bertz CT molecular complexity index is 110. The molecule has 0 aromatic rings. The summed E-state index contributed by atoms with van der Waals surface area (Å²) in [7, 11) is 4.36. The van der Waals surface area contributed by atoms with Crippen LogP contribution < -0.4 is 0 Å². The molecule has 2 atom stereocenters. The first-order valence-electron chi connectivity index (χ1n) is 5.80. The first-order valence-corrected chi connectivity index (χ1v) is 5.80. The van der Waals surface area contributed by atoms with Gasteiger partial charge in [-0.1, -0.05) is 46.5 Å². The van der Waals surface area contributed by atoms with Crippen molar-refractivity contribution in [3.63, 3.8) is 0 Å². The highest BCUT2D eigenvalue weighted by molar-refractivity contribution is 4.69. The largest absolute Gasteiger partial charge is 0.309 e. The molecule has 1 nitrogen and oxygen atoms in total. The molecule has 0 fully saturated rings. The Morgan fingerprint density at radius 3 is 1.77 bits per heavy atom. The van der Waals surface area contributed by atoms with Crippen LogP contribution in [0.4, 0.5) is 0 Å². The molecule has 80 valence electrons. The van der Waals surface area contributed by atoms with E-state index in [-0.39, 0.29) is 0 Å². The molecule has 0 bridgehead atoms. The second-order valence-electron chi connectivity index (χ2n) is 4.39. The minimum Gasteiger partial charge on any atom is -0.309 e. The minimum absolute atomic E-state index is 0.903. The van der Waals surface area contributed by atoms with Gasteiger partial charge in [0.25, 0.3) is 0 Å². The number of hydrogen-bond donors (Lipinski definition) is 0. The van der Waals surface area contributed by atoms with Crippen LogP contribution in [0.2, 0.25) is 0 Å². The molecule has 0 aliphatic rings. The van der Waals surface area contributed by atoms with E-state index in [1.54, 1.807) is 0 Å². The van der Waals surface area contributed by atoms with Crippen molar-refractivity contribution < 1.29 is 0 Å². The molecule has 0 spiro atoms. The summed E-state index contributed by atoms with van der Waals surface area (Å²) in [4.78, 5) is 2.33. The zero-order chi connectivity index (χ0) is 10.3. The molecule has 0 heterocycles. The minimum atomic E-state index is 0.903. The van der Waals surface area contributed by atoms with Gasteiger partial charge in [0.1, 0.15) is 0 Å². The number of nitrogens with zero attached hydrogens (tertiary/aromatic N) is 1. The summed E-state index contributed by atoms with van der Waals surface area (Å²) in [6.07, 6.45) is 5.42. The molecular formula is C12H27N. The molecule has 0 aromatic heterocycles. The van der Waals surface area contributed by atoms with Crippen LogP contribution in [-0.2, 0) is 0 Å². The molecule has 0 amide bonds. The van der Waals surface area contributed by atoms with E-state index in [9.17, 15) is 0 Å². The standard InChI is InChI=1S/C12H27N/c1-6-9-11(7-2)12(8-3)10-13(4)5/h11-12H,6-10H2,1-5H3. The molecule has 0 N–H and O–H groups in total. The fourth-order valence-corrected chi connectivity index (χ4v) is 2.22. The summed E-state index contributed by atoms with van der Waals surface area (Å²) in [6, 6.07) is 0. The topological polar surface area (TPSA) is 3.24 Å². The molecule has 0 rings (SSSR count). The predicted molar refractivity (Wildman–Crippen MR) is 61.0 cm³/mol. The van der Waals surface area contributed by atoms with E-state index >= 15 is 0 Å². The molecule has 0 aliphatic carbocycles. The highest BCUT2D eigenvalue weighted by atomic mass is 15.1. The van der Waals surface area contributed by atoms with Gasteiger partial charge in [0, 0.05) is 6.54 Å². The normalized spacial score (nSPS) is 16.2. The average Bonchev–Trinajstić information content (AvgIpc) is 2.10. The summed E-state index contributed by atoms with van der Waals surface area (Å²) in [6.45, 7) is 8.21. The summed E-state index contributed by atoms with van der Waals surface area (Å²) in [5.41, 5.74) is 0. The zero-order valence-electron chi connectivity index (χ0n) is 10.1. The Morgan fingerprint density at radius 2 is 1.46 bits per heavy atom. The van der Waals surface area contributed by atoms with Crippen molar-refractivity contribution in [2.75, 3.05) is 20.6 Å². The van der Waals surface area contributed by atoms with Gasteiger partial charge in [-0.2, -0.15) is 0 Å². The lowest BCUT2D eigenvalue weighted by Gasteiger charge is -2.27. The third kappa shape index (κ3) is 5.30. The zero-order valence-corrected chi connectivity index (χ0v) is 10.1. The Balaban J connectivity index is 4.00. The Labute approximate surface area is 84.5 Å². The van der Waals surface area contributed by atoms with Crippen LogP contribution in [0.1, 0.15) is 46.5 Å². The maximum atomic E-state index is 2.33. The second kappa shape index (κ2) is 7.37. The van der Waals surface area contributed by atoms with Gasteiger partial charge >= 0.3 is 0 Å². The molecule has 13 heavy (non-hydrogen) atoms. The summed E-state index contributed by atoms with van der Waals surface area (Å²) in [5, 5.41) is 0. The maximum absolute atomic E-state index is 2.33. The molecule has 0 saturated carbocycles. The van der Waals surface area contributed by atoms with E-state index in [0.29, 0.717) is 0 Å².